The van der Waals surface area contributed by atoms with Crippen LogP contribution in [0.1, 0.15) is 285 Å². The number of carbonyl (C=O) groups excluding carboxylic acids is 3. The highest BCUT2D eigenvalue weighted by Gasteiger charge is 2.19. The molecule has 1 unspecified atom stereocenters. The highest BCUT2D eigenvalue weighted by molar-refractivity contribution is 5.71. The van der Waals surface area contributed by atoms with E-state index >= 15 is 0 Å². The van der Waals surface area contributed by atoms with Crippen LogP contribution in [0.3, 0.4) is 0 Å². The maximum Gasteiger partial charge on any atom is 0.306 e. The number of unbranched alkanes of at least 4 members (excludes halogenated alkanes) is 30. The van der Waals surface area contributed by atoms with Crippen LogP contribution < -0.4 is 0 Å². The van der Waals surface area contributed by atoms with Crippen molar-refractivity contribution in [2.45, 2.75) is 291 Å². The van der Waals surface area contributed by atoms with Crippen molar-refractivity contribution >= 4 is 17.9 Å². The summed E-state index contributed by atoms with van der Waals surface area (Å²) in [6.45, 7) is 11.4. The van der Waals surface area contributed by atoms with Crippen LogP contribution in [0.5, 0.6) is 0 Å². The van der Waals surface area contributed by atoms with E-state index in [4.69, 9.17) is 14.2 Å². The van der Waals surface area contributed by atoms with Crippen molar-refractivity contribution in [3.63, 3.8) is 0 Å². The molecule has 0 aromatic carbocycles. The van der Waals surface area contributed by atoms with Gasteiger partial charge in [-0.2, -0.15) is 0 Å². The number of rotatable bonds is 46. The summed E-state index contributed by atoms with van der Waals surface area (Å²) in [5.74, 6) is 0.816. The zero-order valence-corrected chi connectivity index (χ0v) is 39.7. The van der Waals surface area contributed by atoms with Gasteiger partial charge in [0.05, 0.1) is 0 Å². The molecule has 0 rings (SSSR count). The fraction of sp³-hybridized carbons (Fsp3) is 0.942. The maximum absolute atomic E-state index is 12.8. The summed E-state index contributed by atoms with van der Waals surface area (Å²) in [6.07, 6.45) is 45.1. The van der Waals surface area contributed by atoms with E-state index in [0.717, 1.165) is 69.6 Å². The van der Waals surface area contributed by atoms with Crippen LogP contribution in [0, 0.1) is 11.8 Å². The van der Waals surface area contributed by atoms with Gasteiger partial charge in [-0.05, 0) is 31.1 Å². The standard InChI is InChI=1S/C52H100O6/c1-6-8-9-10-11-12-13-14-15-16-17-22-29-34-39-44-52(55)58-49(46-57-51(54)43-38-33-28-24-23-25-30-35-40-47(3)4)45-56-50(53)42-37-32-27-21-19-18-20-26-31-36-41-48(5)7-2/h47-49H,6-46H2,1-5H3/t48?,49-/m0/s1. The molecule has 0 aromatic rings. The number of hydrogen-bond donors (Lipinski definition) is 0. The minimum Gasteiger partial charge on any atom is -0.462 e. The monoisotopic (exact) mass is 821 g/mol. The van der Waals surface area contributed by atoms with E-state index in [1.54, 1.807) is 0 Å². The summed E-state index contributed by atoms with van der Waals surface area (Å²) >= 11 is 0. The Hall–Kier alpha value is -1.59. The molecule has 58 heavy (non-hydrogen) atoms. The fourth-order valence-electron chi connectivity index (χ4n) is 7.78. The lowest BCUT2D eigenvalue weighted by Gasteiger charge is -2.18. The molecule has 0 aromatic heterocycles. The molecule has 0 aliphatic rings. The summed E-state index contributed by atoms with van der Waals surface area (Å²) in [5.41, 5.74) is 0. The third-order valence-electron chi connectivity index (χ3n) is 12.1. The summed E-state index contributed by atoms with van der Waals surface area (Å²) in [5, 5.41) is 0. The van der Waals surface area contributed by atoms with Gasteiger partial charge in [0.1, 0.15) is 13.2 Å². The van der Waals surface area contributed by atoms with E-state index in [1.165, 1.54) is 173 Å². The predicted octanol–water partition coefficient (Wildman–Crippen LogP) is 16.5. The van der Waals surface area contributed by atoms with E-state index in [-0.39, 0.29) is 31.1 Å². The Morgan fingerprint density at radius 2 is 0.655 bits per heavy atom. The molecule has 0 bridgehead atoms. The minimum atomic E-state index is -0.762. The second kappa shape index (κ2) is 44.9. The Labute approximate surface area is 361 Å². The first-order chi connectivity index (χ1) is 28.3. The van der Waals surface area contributed by atoms with Crippen LogP contribution in [0.15, 0.2) is 0 Å². The summed E-state index contributed by atoms with van der Waals surface area (Å²) in [6, 6.07) is 0. The molecule has 0 fully saturated rings. The van der Waals surface area contributed by atoms with Gasteiger partial charge >= 0.3 is 17.9 Å². The average Bonchev–Trinajstić information content (AvgIpc) is 3.21. The van der Waals surface area contributed by atoms with Crippen molar-refractivity contribution in [2.75, 3.05) is 13.2 Å². The molecular weight excluding hydrogens is 721 g/mol. The van der Waals surface area contributed by atoms with Gasteiger partial charge < -0.3 is 14.2 Å². The molecule has 0 saturated carbocycles. The highest BCUT2D eigenvalue weighted by Crippen LogP contribution is 2.18. The zero-order chi connectivity index (χ0) is 42.6. The number of ether oxygens (including phenoxy) is 3. The molecular formula is C52H100O6. The van der Waals surface area contributed by atoms with Crippen molar-refractivity contribution in [1.29, 1.82) is 0 Å². The van der Waals surface area contributed by atoms with Crippen molar-refractivity contribution < 1.29 is 28.6 Å². The molecule has 6 heteroatoms. The van der Waals surface area contributed by atoms with Crippen molar-refractivity contribution in [3.05, 3.63) is 0 Å². The highest BCUT2D eigenvalue weighted by atomic mass is 16.6. The van der Waals surface area contributed by atoms with Gasteiger partial charge in [0.15, 0.2) is 6.10 Å². The van der Waals surface area contributed by atoms with Crippen LogP contribution in [-0.4, -0.2) is 37.2 Å². The molecule has 6 nitrogen and oxygen atoms in total. The van der Waals surface area contributed by atoms with Crippen LogP contribution in [0.2, 0.25) is 0 Å². The van der Waals surface area contributed by atoms with E-state index in [2.05, 4.69) is 34.6 Å². The van der Waals surface area contributed by atoms with E-state index in [9.17, 15) is 14.4 Å². The van der Waals surface area contributed by atoms with Gasteiger partial charge in [-0.25, -0.2) is 0 Å². The SMILES string of the molecule is CCCCCCCCCCCCCCCCCC(=O)O[C@@H](COC(=O)CCCCCCCCCCCCC(C)CC)COC(=O)CCCCCCCCCCC(C)C. The molecule has 0 aliphatic carbocycles. The molecule has 0 saturated heterocycles. The van der Waals surface area contributed by atoms with Crippen LogP contribution in [0.4, 0.5) is 0 Å². The lowest BCUT2D eigenvalue weighted by Crippen LogP contribution is -2.30. The van der Waals surface area contributed by atoms with Crippen LogP contribution in [-0.2, 0) is 28.6 Å². The summed E-state index contributed by atoms with van der Waals surface area (Å²) < 4.78 is 16.8. The third-order valence-corrected chi connectivity index (χ3v) is 12.1. The summed E-state index contributed by atoms with van der Waals surface area (Å²) in [7, 11) is 0. The second-order valence-electron chi connectivity index (χ2n) is 18.5. The minimum absolute atomic E-state index is 0.0643. The van der Waals surface area contributed by atoms with Crippen molar-refractivity contribution in [2.24, 2.45) is 11.8 Å². The van der Waals surface area contributed by atoms with Gasteiger partial charge in [0.25, 0.3) is 0 Å². The van der Waals surface area contributed by atoms with Crippen molar-refractivity contribution in [1.82, 2.24) is 0 Å². The predicted molar refractivity (Wildman–Crippen MR) is 247 cm³/mol. The largest absolute Gasteiger partial charge is 0.462 e. The molecule has 2 atom stereocenters. The quantitative estimate of drug-likeness (QED) is 0.0346. The fourth-order valence-corrected chi connectivity index (χ4v) is 7.78. The number of carbonyl (C=O) groups is 3. The van der Waals surface area contributed by atoms with Crippen molar-refractivity contribution in [3.8, 4) is 0 Å². The summed E-state index contributed by atoms with van der Waals surface area (Å²) in [4.78, 5) is 37.9. The Bertz CT molecular complexity index is 887. The third kappa shape index (κ3) is 44.0. The molecule has 344 valence electrons. The Balaban J connectivity index is 4.32. The first-order valence-electron chi connectivity index (χ1n) is 25.8. The Kier molecular flexibility index (Phi) is 43.7. The Morgan fingerprint density at radius 3 is 0.983 bits per heavy atom. The number of hydrogen-bond acceptors (Lipinski definition) is 6. The topological polar surface area (TPSA) is 78.9 Å². The zero-order valence-electron chi connectivity index (χ0n) is 39.7. The van der Waals surface area contributed by atoms with Gasteiger partial charge in [-0.15, -0.1) is 0 Å². The van der Waals surface area contributed by atoms with E-state index in [1.807, 2.05) is 0 Å². The van der Waals surface area contributed by atoms with Crippen LogP contribution >= 0.6 is 0 Å². The molecule has 0 radical (unpaired) electrons. The normalized spacial score (nSPS) is 12.5. The smallest absolute Gasteiger partial charge is 0.306 e. The Morgan fingerprint density at radius 1 is 0.362 bits per heavy atom. The van der Waals surface area contributed by atoms with Gasteiger partial charge in [0, 0.05) is 19.3 Å². The molecule has 0 heterocycles. The van der Waals surface area contributed by atoms with E-state index in [0.29, 0.717) is 19.3 Å². The first kappa shape index (κ1) is 56.4. The lowest BCUT2D eigenvalue weighted by molar-refractivity contribution is -0.167. The van der Waals surface area contributed by atoms with Gasteiger partial charge in [-0.1, -0.05) is 247 Å². The maximum atomic E-state index is 12.8. The molecule has 0 amide bonds. The average molecular weight is 821 g/mol. The second-order valence-corrected chi connectivity index (χ2v) is 18.5. The lowest BCUT2D eigenvalue weighted by atomic mass is 9.99. The molecule has 0 spiro atoms. The van der Waals surface area contributed by atoms with Crippen LogP contribution in [0.25, 0.3) is 0 Å². The van der Waals surface area contributed by atoms with Gasteiger partial charge in [0.2, 0.25) is 0 Å². The molecule has 0 N–H and O–H groups in total. The van der Waals surface area contributed by atoms with E-state index < -0.39 is 6.10 Å². The molecule has 0 aliphatic heterocycles. The number of esters is 3. The van der Waals surface area contributed by atoms with Gasteiger partial charge in [-0.3, -0.25) is 14.4 Å². The first-order valence-corrected chi connectivity index (χ1v) is 25.8.